The highest BCUT2D eigenvalue weighted by molar-refractivity contribution is 7.11. The van der Waals surface area contributed by atoms with Gasteiger partial charge in [0.2, 0.25) is 0 Å². The summed E-state index contributed by atoms with van der Waals surface area (Å²) in [5.74, 6) is 0. The molecule has 1 fully saturated rings. The molecule has 1 atom stereocenters. The lowest BCUT2D eigenvalue weighted by Gasteiger charge is -2.48. The molecule has 4 heteroatoms. The van der Waals surface area contributed by atoms with E-state index in [-0.39, 0.29) is 0 Å². The Morgan fingerprint density at radius 1 is 1.37 bits per heavy atom. The van der Waals surface area contributed by atoms with Crippen LogP contribution in [0.4, 0.5) is 0 Å². The molecule has 1 unspecified atom stereocenters. The van der Waals surface area contributed by atoms with E-state index >= 15 is 0 Å². The topological polar surface area (TPSA) is 28.2 Å². The van der Waals surface area contributed by atoms with Crippen molar-refractivity contribution in [2.45, 2.75) is 65.6 Å². The number of thiazole rings is 1. The Bertz CT molecular complexity index is 404. The van der Waals surface area contributed by atoms with E-state index in [0.717, 1.165) is 19.6 Å². The van der Waals surface area contributed by atoms with Crippen LogP contribution >= 0.6 is 11.3 Å². The molecule has 0 amide bonds. The van der Waals surface area contributed by atoms with E-state index in [1.165, 1.54) is 28.4 Å². The molecule has 2 rings (SSSR count). The molecule has 19 heavy (non-hydrogen) atoms. The minimum absolute atomic E-state index is 0.306. The van der Waals surface area contributed by atoms with Crippen molar-refractivity contribution in [1.29, 1.82) is 0 Å². The summed E-state index contributed by atoms with van der Waals surface area (Å²) in [4.78, 5) is 8.74. The molecule has 0 saturated carbocycles. The molecule has 0 bridgehead atoms. The number of hydrogen-bond donors (Lipinski definition) is 1. The van der Waals surface area contributed by atoms with Gasteiger partial charge in [-0.3, -0.25) is 4.90 Å². The average molecular weight is 281 g/mol. The summed E-state index contributed by atoms with van der Waals surface area (Å²) in [5, 5.41) is 4.92. The van der Waals surface area contributed by atoms with Crippen LogP contribution < -0.4 is 5.32 Å². The summed E-state index contributed by atoms with van der Waals surface area (Å²) >= 11 is 1.86. The van der Waals surface area contributed by atoms with Gasteiger partial charge in [0.25, 0.3) is 0 Å². The summed E-state index contributed by atoms with van der Waals surface area (Å²) in [7, 11) is 0. The van der Waals surface area contributed by atoms with E-state index in [0.29, 0.717) is 11.6 Å². The second kappa shape index (κ2) is 5.90. The van der Waals surface area contributed by atoms with Crippen LogP contribution in [0.2, 0.25) is 0 Å². The molecule has 1 aromatic heterocycles. The van der Waals surface area contributed by atoms with Gasteiger partial charge < -0.3 is 5.32 Å². The van der Waals surface area contributed by atoms with Crippen LogP contribution in [0.3, 0.4) is 0 Å². The van der Waals surface area contributed by atoms with E-state index in [1.807, 2.05) is 11.3 Å². The molecule has 1 aliphatic heterocycles. The van der Waals surface area contributed by atoms with Gasteiger partial charge >= 0.3 is 0 Å². The third-order valence-electron chi connectivity index (χ3n) is 4.66. The molecule has 1 saturated heterocycles. The summed E-state index contributed by atoms with van der Waals surface area (Å²) in [6, 6.07) is 0.577. The molecule has 0 aromatic carbocycles. The third kappa shape index (κ3) is 3.01. The van der Waals surface area contributed by atoms with Gasteiger partial charge in [0.05, 0.1) is 12.2 Å². The first-order chi connectivity index (χ1) is 9.00. The molecule has 1 N–H and O–H groups in total. The van der Waals surface area contributed by atoms with Crippen molar-refractivity contribution in [2.24, 2.45) is 0 Å². The van der Waals surface area contributed by atoms with Gasteiger partial charge in [-0.15, -0.1) is 11.3 Å². The summed E-state index contributed by atoms with van der Waals surface area (Å²) in [5.41, 5.74) is 1.50. The van der Waals surface area contributed by atoms with Crippen LogP contribution in [-0.2, 0) is 6.54 Å². The fraction of sp³-hybridized carbons (Fsp3) is 0.800. The largest absolute Gasteiger partial charge is 0.311 e. The van der Waals surface area contributed by atoms with E-state index in [9.17, 15) is 0 Å². The molecule has 1 aromatic rings. The Morgan fingerprint density at radius 3 is 2.58 bits per heavy atom. The van der Waals surface area contributed by atoms with Gasteiger partial charge in [-0.05, 0) is 33.6 Å². The van der Waals surface area contributed by atoms with Gasteiger partial charge in [0, 0.05) is 29.5 Å². The standard InChI is InChI=1S/C15H27N3S/c1-6-15(7-2)10-16-11(3)8-18(15)9-14-17-12(4)13(5)19-14/h11,16H,6-10H2,1-5H3. The van der Waals surface area contributed by atoms with E-state index in [1.54, 1.807) is 0 Å². The van der Waals surface area contributed by atoms with E-state index in [2.05, 4.69) is 44.8 Å². The number of rotatable bonds is 4. The molecule has 3 nitrogen and oxygen atoms in total. The van der Waals surface area contributed by atoms with Crippen molar-refractivity contribution < 1.29 is 0 Å². The van der Waals surface area contributed by atoms with Crippen molar-refractivity contribution in [1.82, 2.24) is 15.2 Å². The number of nitrogens with zero attached hydrogens (tertiary/aromatic N) is 2. The zero-order chi connectivity index (χ0) is 14.0. The number of aryl methyl sites for hydroxylation is 2. The zero-order valence-electron chi connectivity index (χ0n) is 12.9. The van der Waals surface area contributed by atoms with Gasteiger partial charge in [-0.2, -0.15) is 0 Å². The van der Waals surface area contributed by atoms with E-state index in [4.69, 9.17) is 4.98 Å². The molecular formula is C15H27N3S. The Morgan fingerprint density at radius 2 is 2.05 bits per heavy atom. The fourth-order valence-corrected chi connectivity index (χ4v) is 3.96. The normalized spacial score (nSPS) is 23.7. The predicted octanol–water partition coefficient (Wildman–Crippen LogP) is 3.11. The Balaban J connectivity index is 2.18. The Hall–Kier alpha value is -0.450. The van der Waals surface area contributed by atoms with Gasteiger partial charge in [0.1, 0.15) is 5.01 Å². The first-order valence-corrected chi connectivity index (χ1v) is 8.23. The SMILES string of the molecule is CCC1(CC)CNC(C)CN1Cc1nc(C)c(C)s1. The molecule has 0 radical (unpaired) electrons. The molecule has 2 heterocycles. The lowest BCUT2D eigenvalue weighted by Crippen LogP contribution is -2.63. The fourth-order valence-electron chi connectivity index (χ4n) is 3.01. The molecule has 1 aliphatic rings. The highest BCUT2D eigenvalue weighted by Gasteiger charge is 2.38. The highest BCUT2D eigenvalue weighted by atomic mass is 32.1. The quantitative estimate of drug-likeness (QED) is 0.919. The lowest BCUT2D eigenvalue weighted by atomic mass is 9.87. The summed E-state index contributed by atoms with van der Waals surface area (Å²) < 4.78 is 0. The maximum Gasteiger partial charge on any atom is 0.107 e. The highest BCUT2D eigenvalue weighted by Crippen LogP contribution is 2.30. The number of nitrogens with one attached hydrogen (secondary N) is 1. The van der Waals surface area contributed by atoms with Crippen molar-refractivity contribution >= 4 is 11.3 Å². The first-order valence-electron chi connectivity index (χ1n) is 7.42. The summed E-state index contributed by atoms with van der Waals surface area (Å²) in [6.07, 6.45) is 2.40. The second-order valence-electron chi connectivity index (χ2n) is 5.84. The van der Waals surface area contributed by atoms with Crippen molar-refractivity contribution in [3.63, 3.8) is 0 Å². The Kier molecular flexibility index (Phi) is 4.64. The van der Waals surface area contributed by atoms with Crippen LogP contribution in [0.15, 0.2) is 0 Å². The van der Waals surface area contributed by atoms with Crippen molar-refractivity contribution in [3.05, 3.63) is 15.6 Å². The van der Waals surface area contributed by atoms with Crippen LogP contribution in [-0.4, -0.2) is 34.6 Å². The first kappa shape index (κ1) is 14.9. The zero-order valence-corrected chi connectivity index (χ0v) is 13.7. The monoisotopic (exact) mass is 281 g/mol. The van der Waals surface area contributed by atoms with Crippen LogP contribution in [0.5, 0.6) is 0 Å². The van der Waals surface area contributed by atoms with Crippen LogP contribution in [0, 0.1) is 13.8 Å². The lowest BCUT2D eigenvalue weighted by molar-refractivity contribution is 0.0278. The number of hydrogen-bond acceptors (Lipinski definition) is 4. The van der Waals surface area contributed by atoms with Crippen molar-refractivity contribution in [2.75, 3.05) is 13.1 Å². The van der Waals surface area contributed by atoms with Gasteiger partial charge in [-0.25, -0.2) is 4.98 Å². The molecular weight excluding hydrogens is 254 g/mol. The van der Waals surface area contributed by atoms with Gasteiger partial charge in [-0.1, -0.05) is 13.8 Å². The predicted molar refractivity (Wildman–Crippen MR) is 82.8 cm³/mol. The smallest absolute Gasteiger partial charge is 0.107 e. The second-order valence-corrected chi connectivity index (χ2v) is 7.13. The minimum Gasteiger partial charge on any atom is -0.311 e. The minimum atomic E-state index is 0.306. The molecule has 108 valence electrons. The third-order valence-corrected chi connectivity index (χ3v) is 5.72. The average Bonchev–Trinajstić information content (AvgIpc) is 2.69. The van der Waals surface area contributed by atoms with Crippen molar-refractivity contribution in [3.8, 4) is 0 Å². The maximum absolute atomic E-state index is 4.72. The summed E-state index contributed by atoms with van der Waals surface area (Å²) in [6.45, 7) is 14.4. The maximum atomic E-state index is 4.72. The van der Waals surface area contributed by atoms with E-state index < -0.39 is 0 Å². The molecule has 0 aliphatic carbocycles. The Labute approximate surface area is 121 Å². The molecule has 0 spiro atoms. The number of piperazine rings is 1. The number of aromatic nitrogens is 1. The van der Waals surface area contributed by atoms with Gasteiger partial charge in [0.15, 0.2) is 0 Å². The van der Waals surface area contributed by atoms with Crippen LogP contribution in [0.25, 0.3) is 0 Å². The van der Waals surface area contributed by atoms with Crippen LogP contribution in [0.1, 0.15) is 49.2 Å².